The Kier molecular flexibility index (Phi) is 10.9. The van der Waals surface area contributed by atoms with Crippen LogP contribution in [0.25, 0.3) is 0 Å². The minimum atomic E-state index is -1.04. The van der Waals surface area contributed by atoms with Crippen molar-refractivity contribution < 1.29 is 38.3 Å². The molecular weight excluding hydrogens is 514 g/mol. The average Bonchev–Trinajstić information content (AvgIpc) is 3.32. The number of methoxy groups -OCH3 is 3. The second kappa shape index (κ2) is 14.6. The lowest BCUT2D eigenvalue weighted by Gasteiger charge is -2.37. The Hall–Kier alpha value is -3.02. The SMILES string of the molecule is COc1ccc(C(OC[C@H]2O[C@@H](OCCOCCN)[C@H](OC)[C@@H]2O)(c2ccccc2)c2ccc(OC)cc2)cc1. The van der Waals surface area contributed by atoms with Gasteiger partial charge in [-0.3, -0.25) is 0 Å². The average molecular weight is 554 g/mol. The molecule has 4 atom stereocenters. The van der Waals surface area contributed by atoms with Crippen LogP contribution in [-0.2, 0) is 29.3 Å². The minimum absolute atomic E-state index is 0.0531. The van der Waals surface area contributed by atoms with E-state index < -0.39 is 30.2 Å². The van der Waals surface area contributed by atoms with Gasteiger partial charge in [0.25, 0.3) is 0 Å². The Bertz CT molecular complexity index is 1090. The van der Waals surface area contributed by atoms with Crippen LogP contribution in [0.3, 0.4) is 0 Å². The van der Waals surface area contributed by atoms with Crippen molar-refractivity contribution in [3.63, 3.8) is 0 Å². The maximum absolute atomic E-state index is 11.1. The maximum atomic E-state index is 11.1. The van der Waals surface area contributed by atoms with Crippen LogP contribution < -0.4 is 15.2 Å². The van der Waals surface area contributed by atoms with Crippen LogP contribution in [0.15, 0.2) is 78.9 Å². The van der Waals surface area contributed by atoms with Crippen LogP contribution in [-0.4, -0.2) is 84.0 Å². The predicted octanol–water partition coefficient (Wildman–Crippen LogP) is 3.11. The van der Waals surface area contributed by atoms with Crippen LogP contribution in [0.1, 0.15) is 16.7 Å². The van der Waals surface area contributed by atoms with Crippen molar-refractivity contribution in [3.8, 4) is 11.5 Å². The molecular formula is C31H39NO8. The monoisotopic (exact) mass is 553 g/mol. The predicted molar refractivity (Wildman–Crippen MR) is 150 cm³/mol. The van der Waals surface area contributed by atoms with Gasteiger partial charge in [-0.1, -0.05) is 54.6 Å². The van der Waals surface area contributed by atoms with E-state index in [-0.39, 0.29) is 13.2 Å². The molecule has 1 aliphatic rings. The van der Waals surface area contributed by atoms with Crippen molar-refractivity contribution in [2.24, 2.45) is 5.73 Å². The highest BCUT2D eigenvalue weighted by atomic mass is 16.7. The molecule has 0 spiro atoms. The molecule has 1 heterocycles. The molecule has 9 heteroatoms. The molecule has 0 unspecified atom stereocenters. The summed E-state index contributed by atoms with van der Waals surface area (Å²) in [4.78, 5) is 0. The molecule has 0 bridgehead atoms. The first kappa shape index (κ1) is 30.0. The van der Waals surface area contributed by atoms with Gasteiger partial charge in [-0.2, -0.15) is 0 Å². The van der Waals surface area contributed by atoms with E-state index in [1.807, 2.05) is 78.9 Å². The Labute approximate surface area is 235 Å². The molecule has 1 aliphatic heterocycles. The quantitative estimate of drug-likeness (QED) is 0.217. The minimum Gasteiger partial charge on any atom is -0.497 e. The van der Waals surface area contributed by atoms with E-state index in [4.69, 9.17) is 38.9 Å². The zero-order valence-electron chi connectivity index (χ0n) is 23.2. The van der Waals surface area contributed by atoms with Crippen LogP contribution >= 0.6 is 0 Å². The first-order valence-electron chi connectivity index (χ1n) is 13.3. The van der Waals surface area contributed by atoms with E-state index in [2.05, 4.69) is 0 Å². The van der Waals surface area contributed by atoms with Crippen molar-refractivity contribution in [3.05, 3.63) is 95.6 Å². The number of aliphatic hydroxyl groups is 1. The summed E-state index contributed by atoms with van der Waals surface area (Å²) in [5.74, 6) is 1.46. The number of ether oxygens (including phenoxy) is 7. The van der Waals surface area contributed by atoms with Crippen LogP contribution in [0.2, 0.25) is 0 Å². The summed E-state index contributed by atoms with van der Waals surface area (Å²) in [7, 11) is 4.78. The molecule has 4 rings (SSSR count). The van der Waals surface area contributed by atoms with Crippen molar-refractivity contribution in [2.75, 3.05) is 54.3 Å². The van der Waals surface area contributed by atoms with Gasteiger partial charge in [0.15, 0.2) is 6.29 Å². The fourth-order valence-electron chi connectivity index (χ4n) is 4.92. The zero-order chi connectivity index (χ0) is 28.4. The van der Waals surface area contributed by atoms with Crippen LogP contribution in [0, 0.1) is 0 Å². The molecule has 0 aliphatic carbocycles. The van der Waals surface area contributed by atoms with Gasteiger partial charge in [0, 0.05) is 13.7 Å². The van der Waals surface area contributed by atoms with Gasteiger partial charge >= 0.3 is 0 Å². The molecule has 1 fully saturated rings. The van der Waals surface area contributed by atoms with E-state index >= 15 is 0 Å². The lowest BCUT2D eigenvalue weighted by molar-refractivity contribution is -0.185. The molecule has 216 valence electrons. The smallest absolute Gasteiger partial charge is 0.187 e. The molecule has 9 nitrogen and oxygen atoms in total. The summed E-state index contributed by atoms with van der Waals surface area (Å²) in [6.45, 7) is 1.56. The molecule has 3 aromatic rings. The highest BCUT2D eigenvalue weighted by Crippen LogP contribution is 2.42. The third kappa shape index (κ3) is 6.64. The first-order valence-corrected chi connectivity index (χ1v) is 13.3. The Morgan fingerprint density at radius 3 is 1.88 bits per heavy atom. The number of rotatable bonds is 15. The van der Waals surface area contributed by atoms with Gasteiger partial charge in [-0.15, -0.1) is 0 Å². The normalized spacial score (nSPS) is 20.9. The Morgan fingerprint density at radius 2 is 1.35 bits per heavy atom. The molecule has 1 saturated heterocycles. The third-order valence-corrected chi connectivity index (χ3v) is 6.98. The van der Waals surface area contributed by atoms with Crippen molar-refractivity contribution in [1.29, 1.82) is 0 Å². The van der Waals surface area contributed by atoms with Gasteiger partial charge < -0.3 is 44.0 Å². The summed E-state index contributed by atoms with van der Waals surface area (Å²) in [6, 6.07) is 25.5. The van der Waals surface area contributed by atoms with Crippen molar-refractivity contribution in [2.45, 2.75) is 30.2 Å². The highest BCUT2D eigenvalue weighted by molar-refractivity contribution is 5.49. The zero-order valence-corrected chi connectivity index (χ0v) is 23.2. The summed E-state index contributed by atoms with van der Waals surface area (Å²) in [5, 5.41) is 11.1. The van der Waals surface area contributed by atoms with E-state index in [0.717, 1.165) is 28.2 Å². The Morgan fingerprint density at radius 1 is 0.775 bits per heavy atom. The lowest BCUT2D eigenvalue weighted by atomic mass is 9.80. The van der Waals surface area contributed by atoms with E-state index in [1.54, 1.807) is 14.2 Å². The second-order valence-electron chi connectivity index (χ2n) is 9.32. The summed E-state index contributed by atoms with van der Waals surface area (Å²) >= 11 is 0. The highest BCUT2D eigenvalue weighted by Gasteiger charge is 2.47. The van der Waals surface area contributed by atoms with Gasteiger partial charge in [-0.05, 0) is 41.0 Å². The van der Waals surface area contributed by atoms with Gasteiger partial charge in [0.05, 0.1) is 40.6 Å². The molecule has 0 radical (unpaired) electrons. The van der Waals surface area contributed by atoms with Gasteiger partial charge in [-0.25, -0.2) is 0 Å². The Balaban J connectivity index is 1.66. The maximum Gasteiger partial charge on any atom is 0.187 e. The fraction of sp³-hybridized carbons (Fsp3) is 0.419. The number of hydrogen-bond donors (Lipinski definition) is 2. The number of aliphatic hydroxyl groups excluding tert-OH is 1. The number of benzene rings is 3. The van der Waals surface area contributed by atoms with Crippen LogP contribution in [0.5, 0.6) is 11.5 Å². The van der Waals surface area contributed by atoms with Gasteiger partial charge in [0.2, 0.25) is 0 Å². The molecule has 3 N–H and O–H groups in total. The summed E-state index contributed by atoms with van der Waals surface area (Å²) in [5.41, 5.74) is 7.09. The van der Waals surface area contributed by atoms with Crippen molar-refractivity contribution in [1.82, 2.24) is 0 Å². The molecule has 0 amide bonds. The topological polar surface area (TPSA) is 111 Å². The molecule has 0 aromatic heterocycles. The van der Waals surface area contributed by atoms with E-state index in [0.29, 0.717) is 19.8 Å². The van der Waals surface area contributed by atoms with E-state index in [1.165, 1.54) is 7.11 Å². The second-order valence-corrected chi connectivity index (χ2v) is 9.32. The lowest BCUT2D eigenvalue weighted by Crippen LogP contribution is -2.40. The van der Waals surface area contributed by atoms with Gasteiger partial charge in [0.1, 0.15) is 35.4 Å². The first-order chi connectivity index (χ1) is 19.6. The summed E-state index contributed by atoms with van der Waals surface area (Å²) in [6.07, 6.45) is -3.14. The van der Waals surface area contributed by atoms with Crippen molar-refractivity contribution >= 4 is 0 Å². The molecule has 0 saturated carbocycles. The standard InChI is InChI=1S/C31H39NO8/c1-34-25-13-9-23(10-14-25)31(22-7-5-4-6-8-22,24-11-15-26(35-2)16-12-24)39-21-27-28(33)29(36-3)30(40-27)38-20-19-37-18-17-32/h4-16,27-30,33H,17-21,32H2,1-3H3/t27-,28-,29-,30-/m1/s1. The van der Waals surface area contributed by atoms with Crippen LogP contribution in [0.4, 0.5) is 0 Å². The third-order valence-electron chi connectivity index (χ3n) is 6.98. The fourth-order valence-corrected chi connectivity index (χ4v) is 4.92. The molecule has 3 aromatic carbocycles. The molecule has 40 heavy (non-hydrogen) atoms. The van der Waals surface area contributed by atoms with E-state index in [9.17, 15) is 5.11 Å². The number of nitrogens with two attached hydrogens (primary N) is 1. The largest absolute Gasteiger partial charge is 0.497 e. The number of hydrogen-bond acceptors (Lipinski definition) is 9. The summed E-state index contributed by atoms with van der Waals surface area (Å²) < 4.78 is 40.6.